The van der Waals surface area contributed by atoms with E-state index in [-0.39, 0.29) is 0 Å². The minimum Gasteiger partial charge on any atom is -0.439 e. The first-order chi connectivity index (χ1) is 9.70. The van der Waals surface area contributed by atoms with Gasteiger partial charge in [-0.25, -0.2) is 4.98 Å². The molecule has 4 heteroatoms. The molecule has 104 valence electrons. The van der Waals surface area contributed by atoms with Crippen molar-refractivity contribution in [1.82, 2.24) is 10.3 Å². The van der Waals surface area contributed by atoms with Gasteiger partial charge in [0.05, 0.1) is 0 Å². The van der Waals surface area contributed by atoms with E-state index < -0.39 is 0 Å². The molecule has 1 aliphatic rings. The number of hydrogen-bond acceptors (Lipinski definition) is 3. The zero-order valence-corrected chi connectivity index (χ0v) is 12.2. The zero-order valence-electron chi connectivity index (χ0n) is 11.4. The Hall–Kier alpha value is -1.58. The van der Waals surface area contributed by atoms with Gasteiger partial charge in [0, 0.05) is 29.9 Å². The molecule has 0 saturated heterocycles. The molecule has 0 atom stereocenters. The Morgan fingerprint density at radius 3 is 2.90 bits per heavy atom. The zero-order chi connectivity index (χ0) is 13.9. The maximum Gasteiger partial charge on any atom is 0.219 e. The van der Waals surface area contributed by atoms with E-state index in [0.717, 1.165) is 22.9 Å². The van der Waals surface area contributed by atoms with Crippen LogP contribution in [-0.4, -0.2) is 11.0 Å². The van der Waals surface area contributed by atoms with E-state index in [2.05, 4.69) is 10.3 Å². The van der Waals surface area contributed by atoms with Crippen LogP contribution in [0.4, 0.5) is 0 Å². The summed E-state index contributed by atoms with van der Waals surface area (Å²) in [5.41, 5.74) is 2.18. The van der Waals surface area contributed by atoms with Gasteiger partial charge in [0.15, 0.2) is 0 Å². The summed E-state index contributed by atoms with van der Waals surface area (Å²) >= 11 is 6.01. The fourth-order valence-electron chi connectivity index (χ4n) is 1.97. The highest BCUT2D eigenvalue weighted by Crippen LogP contribution is 2.25. The molecule has 0 bridgehead atoms. The smallest absolute Gasteiger partial charge is 0.219 e. The average molecular weight is 289 g/mol. The summed E-state index contributed by atoms with van der Waals surface area (Å²) in [6.07, 6.45) is 4.36. The van der Waals surface area contributed by atoms with E-state index in [1.807, 2.05) is 37.3 Å². The lowest BCUT2D eigenvalue weighted by Crippen LogP contribution is -2.15. The van der Waals surface area contributed by atoms with Crippen LogP contribution in [0, 0.1) is 6.92 Å². The van der Waals surface area contributed by atoms with Crippen molar-refractivity contribution in [3.63, 3.8) is 0 Å². The van der Waals surface area contributed by atoms with Crippen LogP contribution >= 0.6 is 11.6 Å². The van der Waals surface area contributed by atoms with Crippen molar-refractivity contribution in [3.05, 3.63) is 52.7 Å². The van der Waals surface area contributed by atoms with Crippen LogP contribution in [0.1, 0.15) is 24.0 Å². The monoisotopic (exact) mass is 288 g/mol. The van der Waals surface area contributed by atoms with Gasteiger partial charge >= 0.3 is 0 Å². The molecule has 3 nitrogen and oxygen atoms in total. The third-order valence-corrected chi connectivity index (χ3v) is 3.75. The number of pyridine rings is 1. The van der Waals surface area contributed by atoms with Crippen LogP contribution < -0.4 is 10.1 Å². The molecule has 1 aromatic heterocycles. The van der Waals surface area contributed by atoms with E-state index in [1.165, 1.54) is 18.4 Å². The Morgan fingerprint density at radius 2 is 2.15 bits per heavy atom. The van der Waals surface area contributed by atoms with Crippen molar-refractivity contribution in [2.45, 2.75) is 32.4 Å². The fraction of sp³-hybridized carbons (Fsp3) is 0.312. The third kappa shape index (κ3) is 3.50. The quantitative estimate of drug-likeness (QED) is 0.900. The van der Waals surface area contributed by atoms with Crippen molar-refractivity contribution in [2.75, 3.05) is 0 Å². The molecule has 3 rings (SSSR count). The second-order valence-electron chi connectivity index (χ2n) is 5.17. The minimum absolute atomic E-state index is 0.613. The van der Waals surface area contributed by atoms with Gasteiger partial charge in [-0.3, -0.25) is 0 Å². The van der Waals surface area contributed by atoms with Crippen molar-refractivity contribution in [1.29, 1.82) is 0 Å². The summed E-state index contributed by atoms with van der Waals surface area (Å²) in [6.45, 7) is 2.82. The number of aromatic nitrogens is 1. The molecule has 0 unspecified atom stereocenters. The number of ether oxygens (including phenoxy) is 1. The van der Waals surface area contributed by atoms with E-state index in [9.17, 15) is 0 Å². The lowest BCUT2D eigenvalue weighted by atomic mass is 10.2. The van der Waals surface area contributed by atoms with Gasteiger partial charge in [0.25, 0.3) is 0 Å². The lowest BCUT2D eigenvalue weighted by molar-refractivity contribution is 0.461. The van der Waals surface area contributed by atoms with Crippen LogP contribution in [0.25, 0.3) is 0 Å². The molecule has 1 heterocycles. The lowest BCUT2D eigenvalue weighted by Gasteiger charge is -2.08. The fourth-order valence-corrected chi connectivity index (χ4v) is 2.08. The Morgan fingerprint density at radius 1 is 1.30 bits per heavy atom. The molecule has 1 aromatic carbocycles. The van der Waals surface area contributed by atoms with Crippen LogP contribution in [0.15, 0.2) is 36.5 Å². The molecule has 1 N–H and O–H groups in total. The van der Waals surface area contributed by atoms with Gasteiger partial charge in [-0.2, -0.15) is 0 Å². The van der Waals surface area contributed by atoms with Crippen LogP contribution in [-0.2, 0) is 6.54 Å². The predicted molar refractivity (Wildman–Crippen MR) is 80.4 cm³/mol. The average Bonchev–Trinajstić information content (AvgIpc) is 3.25. The van der Waals surface area contributed by atoms with Gasteiger partial charge in [-0.05, 0) is 55.2 Å². The number of nitrogens with zero attached hydrogens (tertiary/aromatic N) is 1. The summed E-state index contributed by atoms with van der Waals surface area (Å²) in [6, 6.07) is 10.3. The molecule has 1 saturated carbocycles. The Kier molecular flexibility index (Phi) is 3.90. The number of rotatable bonds is 5. The summed E-state index contributed by atoms with van der Waals surface area (Å²) < 4.78 is 5.78. The molecule has 0 spiro atoms. The topological polar surface area (TPSA) is 34.1 Å². The Bertz CT molecular complexity index is 611. The molecule has 20 heavy (non-hydrogen) atoms. The van der Waals surface area contributed by atoms with Crippen LogP contribution in [0.3, 0.4) is 0 Å². The first kappa shape index (κ1) is 13.4. The maximum atomic E-state index is 6.01. The highest BCUT2D eigenvalue weighted by molar-refractivity contribution is 6.31. The number of nitrogens with one attached hydrogen (secondary N) is 1. The van der Waals surface area contributed by atoms with Gasteiger partial charge in [0.2, 0.25) is 5.88 Å². The first-order valence-electron chi connectivity index (χ1n) is 6.83. The van der Waals surface area contributed by atoms with E-state index >= 15 is 0 Å². The maximum absolute atomic E-state index is 6.01. The van der Waals surface area contributed by atoms with E-state index in [1.54, 1.807) is 6.20 Å². The minimum atomic E-state index is 0.613. The Labute approximate surface area is 123 Å². The SMILES string of the molecule is Cc1cc(Oc2cc(CNC3CC3)ccn2)ccc1Cl. The Balaban J connectivity index is 1.69. The van der Waals surface area contributed by atoms with Crippen molar-refractivity contribution < 1.29 is 4.74 Å². The summed E-state index contributed by atoms with van der Waals surface area (Å²) in [5.74, 6) is 1.37. The van der Waals surface area contributed by atoms with Crippen molar-refractivity contribution in [2.24, 2.45) is 0 Å². The third-order valence-electron chi connectivity index (χ3n) is 3.32. The van der Waals surface area contributed by atoms with Crippen LogP contribution in [0.2, 0.25) is 5.02 Å². The van der Waals surface area contributed by atoms with Gasteiger partial charge in [-0.1, -0.05) is 11.6 Å². The molecule has 2 aromatic rings. The largest absolute Gasteiger partial charge is 0.439 e. The normalized spacial score (nSPS) is 14.3. The molecule has 1 fully saturated rings. The first-order valence-corrected chi connectivity index (χ1v) is 7.21. The second kappa shape index (κ2) is 5.81. The second-order valence-corrected chi connectivity index (χ2v) is 5.58. The summed E-state index contributed by atoms with van der Waals surface area (Å²) in [5, 5.41) is 4.22. The molecular formula is C16H17ClN2O. The molecule has 0 amide bonds. The van der Waals surface area contributed by atoms with Gasteiger partial charge < -0.3 is 10.1 Å². The summed E-state index contributed by atoms with van der Waals surface area (Å²) in [4.78, 5) is 4.25. The van der Waals surface area contributed by atoms with Gasteiger partial charge in [-0.15, -0.1) is 0 Å². The number of hydrogen-bond donors (Lipinski definition) is 1. The van der Waals surface area contributed by atoms with Crippen molar-refractivity contribution >= 4 is 11.6 Å². The molecule has 0 radical (unpaired) electrons. The molecular weight excluding hydrogens is 272 g/mol. The molecule has 1 aliphatic carbocycles. The van der Waals surface area contributed by atoms with E-state index in [4.69, 9.17) is 16.3 Å². The number of aryl methyl sites for hydroxylation is 1. The standard InChI is InChI=1S/C16H17ClN2O/c1-11-8-14(4-5-15(11)17)20-16-9-12(6-7-18-16)10-19-13-2-3-13/h4-9,13,19H,2-3,10H2,1H3. The van der Waals surface area contributed by atoms with E-state index in [0.29, 0.717) is 11.9 Å². The van der Waals surface area contributed by atoms with Crippen molar-refractivity contribution in [3.8, 4) is 11.6 Å². The summed E-state index contributed by atoms with van der Waals surface area (Å²) in [7, 11) is 0. The number of halogens is 1. The number of benzene rings is 1. The van der Waals surface area contributed by atoms with Gasteiger partial charge in [0.1, 0.15) is 5.75 Å². The predicted octanol–water partition coefficient (Wildman–Crippen LogP) is 4.09. The highest BCUT2D eigenvalue weighted by Gasteiger charge is 2.19. The molecule has 0 aliphatic heterocycles. The highest BCUT2D eigenvalue weighted by atomic mass is 35.5. The van der Waals surface area contributed by atoms with Crippen LogP contribution in [0.5, 0.6) is 11.6 Å².